The first-order valence-corrected chi connectivity index (χ1v) is 7.22. The van der Waals surface area contributed by atoms with Gasteiger partial charge in [-0.3, -0.25) is 4.98 Å². The molecule has 2 heterocycles. The van der Waals surface area contributed by atoms with E-state index in [9.17, 15) is 0 Å². The van der Waals surface area contributed by atoms with Crippen LogP contribution in [0.15, 0.2) is 53.2 Å². The number of rotatable bonds is 4. The van der Waals surface area contributed by atoms with Crippen LogP contribution in [0.1, 0.15) is 24.4 Å². The highest BCUT2D eigenvalue weighted by atomic mass is 16.5. The smallest absolute Gasteiger partial charge is 0.239 e. The lowest BCUT2D eigenvalue weighted by atomic mass is 10.0. The molecule has 1 fully saturated rings. The third kappa shape index (κ3) is 2.06. The quantitative estimate of drug-likeness (QED) is 0.739. The largest absolute Gasteiger partial charge is 0.497 e. The highest BCUT2D eigenvalue weighted by Crippen LogP contribution is 2.52. The highest BCUT2D eigenvalue weighted by Gasteiger charge is 2.52. The maximum Gasteiger partial charge on any atom is 0.239 e. The van der Waals surface area contributed by atoms with E-state index in [-0.39, 0.29) is 5.41 Å². The van der Waals surface area contributed by atoms with Crippen molar-refractivity contribution >= 4 is 0 Å². The molecular formula is C17H15N3O2. The Labute approximate surface area is 128 Å². The maximum atomic E-state index is 5.52. The van der Waals surface area contributed by atoms with Crippen molar-refractivity contribution in [2.45, 2.75) is 18.3 Å². The van der Waals surface area contributed by atoms with Crippen molar-refractivity contribution in [3.8, 4) is 17.1 Å². The number of methoxy groups -OCH3 is 1. The molecule has 0 bridgehead atoms. The predicted octanol–water partition coefficient (Wildman–Crippen LogP) is 3.22. The Kier molecular flexibility index (Phi) is 2.92. The van der Waals surface area contributed by atoms with Crippen molar-refractivity contribution in [2.75, 3.05) is 7.11 Å². The Hall–Kier alpha value is -2.69. The number of nitrogens with zero attached hydrogens (tertiary/aromatic N) is 3. The first-order valence-electron chi connectivity index (χ1n) is 7.22. The summed E-state index contributed by atoms with van der Waals surface area (Å²) in [4.78, 5) is 9.04. The molecule has 5 nitrogen and oxygen atoms in total. The number of hydrogen-bond donors (Lipinski definition) is 0. The molecule has 1 saturated carbocycles. The number of aromatic nitrogens is 3. The molecule has 110 valence electrons. The van der Waals surface area contributed by atoms with Crippen LogP contribution < -0.4 is 4.74 Å². The second-order valence-electron chi connectivity index (χ2n) is 5.45. The van der Waals surface area contributed by atoms with Crippen LogP contribution in [0, 0.1) is 0 Å². The summed E-state index contributed by atoms with van der Waals surface area (Å²) >= 11 is 0. The van der Waals surface area contributed by atoms with Gasteiger partial charge in [0.2, 0.25) is 11.7 Å². The van der Waals surface area contributed by atoms with E-state index in [1.807, 2.05) is 42.5 Å². The van der Waals surface area contributed by atoms with E-state index in [1.54, 1.807) is 13.3 Å². The van der Waals surface area contributed by atoms with Gasteiger partial charge in [0.15, 0.2) is 0 Å². The van der Waals surface area contributed by atoms with Gasteiger partial charge in [-0.05, 0) is 49.2 Å². The summed E-state index contributed by atoms with van der Waals surface area (Å²) in [6.07, 6.45) is 3.79. The summed E-state index contributed by atoms with van der Waals surface area (Å²) in [5, 5.41) is 4.12. The van der Waals surface area contributed by atoms with Crippen LogP contribution in [-0.2, 0) is 5.41 Å². The first kappa shape index (κ1) is 13.0. The van der Waals surface area contributed by atoms with Crippen molar-refractivity contribution in [1.29, 1.82) is 0 Å². The van der Waals surface area contributed by atoms with Crippen molar-refractivity contribution in [1.82, 2.24) is 15.1 Å². The fourth-order valence-electron chi connectivity index (χ4n) is 2.63. The Bertz CT molecular complexity index is 777. The summed E-state index contributed by atoms with van der Waals surface area (Å²) in [6.45, 7) is 0. The van der Waals surface area contributed by atoms with Gasteiger partial charge >= 0.3 is 0 Å². The summed E-state index contributed by atoms with van der Waals surface area (Å²) in [5.74, 6) is 2.05. The number of pyridine rings is 1. The van der Waals surface area contributed by atoms with E-state index in [4.69, 9.17) is 9.26 Å². The van der Waals surface area contributed by atoms with Gasteiger partial charge in [0, 0.05) is 11.8 Å². The standard InChI is InChI=1S/C17H15N3O2/c1-21-13-7-5-12(6-8-13)15-19-16(22-20-15)17(9-10-17)14-4-2-3-11-18-14/h2-8,11H,9-10H2,1H3. The van der Waals surface area contributed by atoms with Crippen molar-refractivity contribution in [3.63, 3.8) is 0 Å². The molecule has 0 amide bonds. The van der Waals surface area contributed by atoms with Crippen LogP contribution in [0.5, 0.6) is 5.75 Å². The van der Waals surface area contributed by atoms with Crippen molar-refractivity contribution in [2.24, 2.45) is 0 Å². The minimum absolute atomic E-state index is 0.195. The van der Waals surface area contributed by atoms with Gasteiger partial charge in [-0.2, -0.15) is 4.98 Å². The van der Waals surface area contributed by atoms with Crippen molar-refractivity contribution < 1.29 is 9.26 Å². The van der Waals surface area contributed by atoms with Crippen LogP contribution in [0.25, 0.3) is 11.4 Å². The average Bonchev–Trinajstić information content (AvgIpc) is 3.26. The molecule has 2 aromatic heterocycles. The summed E-state index contributed by atoms with van der Waals surface area (Å²) < 4.78 is 10.7. The second-order valence-corrected chi connectivity index (χ2v) is 5.45. The maximum absolute atomic E-state index is 5.52. The molecule has 0 radical (unpaired) electrons. The zero-order valence-corrected chi connectivity index (χ0v) is 12.2. The topological polar surface area (TPSA) is 61.0 Å². The number of benzene rings is 1. The fourth-order valence-corrected chi connectivity index (χ4v) is 2.63. The normalized spacial score (nSPS) is 15.5. The van der Waals surface area contributed by atoms with Crippen LogP contribution in [-0.4, -0.2) is 22.2 Å². The van der Waals surface area contributed by atoms with Crippen LogP contribution in [0.2, 0.25) is 0 Å². The van der Waals surface area contributed by atoms with Gasteiger partial charge in [0.05, 0.1) is 18.2 Å². The average molecular weight is 293 g/mol. The molecule has 22 heavy (non-hydrogen) atoms. The molecule has 1 aliphatic rings. The SMILES string of the molecule is COc1ccc(-c2noc(C3(c4ccccn4)CC3)n2)cc1. The Morgan fingerprint density at radius 3 is 2.55 bits per heavy atom. The molecule has 0 N–H and O–H groups in total. The second kappa shape index (κ2) is 4.94. The molecule has 4 rings (SSSR count). The van der Waals surface area contributed by atoms with Crippen LogP contribution in [0.4, 0.5) is 0 Å². The van der Waals surface area contributed by atoms with Gasteiger partial charge in [-0.25, -0.2) is 0 Å². The van der Waals surface area contributed by atoms with E-state index in [1.165, 1.54) is 0 Å². The highest BCUT2D eigenvalue weighted by molar-refractivity contribution is 5.56. The molecule has 0 saturated heterocycles. The molecule has 3 aromatic rings. The number of ether oxygens (including phenoxy) is 1. The van der Waals surface area contributed by atoms with Crippen LogP contribution >= 0.6 is 0 Å². The zero-order chi connectivity index (χ0) is 15.0. The van der Waals surface area contributed by atoms with E-state index in [0.717, 1.165) is 29.8 Å². The minimum Gasteiger partial charge on any atom is -0.497 e. The lowest BCUT2D eigenvalue weighted by Gasteiger charge is -2.08. The summed E-state index contributed by atoms with van der Waals surface area (Å²) in [5.41, 5.74) is 1.71. The lowest BCUT2D eigenvalue weighted by molar-refractivity contribution is 0.358. The Morgan fingerprint density at radius 1 is 1.09 bits per heavy atom. The van der Waals surface area contributed by atoms with Gasteiger partial charge in [0.25, 0.3) is 0 Å². The van der Waals surface area contributed by atoms with Gasteiger partial charge in [0.1, 0.15) is 5.75 Å². The molecule has 1 aliphatic carbocycles. The predicted molar refractivity (Wildman–Crippen MR) is 80.5 cm³/mol. The minimum atomic E-state index is -0.195. The molecule has 0 spiro atoms. The molecule has 5 heteroatoms. The molecule has 0 unspecified atom stereocenters. The van der Waals surface area contributed by atoms with Crippen LogP contribution in [0.3, 0.4) is 0 Å². The summed E-state index contributed by atoms with van der Waals surface area (Å²) in [6, 6.07) is 13.5. The Balaban J connectivity index is 1.67. The summed E-state index contributed by atoms with van der Waals surface area (Å²) in [7, 11) is 1.64. The molecular weight excluding hydrogens is 278 g/mol. The van der Waals surface area contributed by atoms with E-state index < -0.39 is 0 Å². The van der Waals surface area contributed by atoms with Crippen molar-refractivity contribution in [3.05, 3.63) is 60.2 Å². The van der Waals surface area contributed by atoms with Gasteiger partial charge in [-0.15, -0.1) is 0 Å². The zero-order valence-electron chi connectivity index (χ0n) is 12.2. The molecule has 1 aromatic carbocycles. The molecule has 0 atom stereocenters. The third-order valence-corrected chi connectivity index (χ3v) is 4.09. The van der Waals surface area contributed by atoms with E-state index in [2.05, 4.69) is 15.1 Å². The van der Waals surface area contributed by atoms with Gasteiger partial charge in [-0.1, -0.05) is 11.2 Å². The Morgan fingerprint density at radius 2 is 1.91 bits per heavy atom. The molecule has 0 aliphatic heterocycles. The fraction of sp³-hybridized carbons (Fsp3) is 0.235. The van der Waals surface area contributed by atoms with E-state index >= 15 is 0 Å². The first-order chi connectivity index (χ1) is 10.8. The number of hydrogen-bond acceptors (Lipinski definition) is 5. The monoisotopic (exact) mass is 293 g/mol. The third-order valence-electron chi connectivity index (χ3n) is 4.09. The van der Waals surface area contributed by atoms with Gasteiger partial charge < -0.3 is 9.26 Å². The lowest BCUT2D eigenvalue weighted by Crippen LogP contribution is -2.10. The van der Waals surface area contributed by atoms with E-state index in [0.29, 0.717) is 11.7 Å².